The van der Waals surface area contributed by atoms with E-state index in [2.05, 4.69) is 35.6 Å². The zero-order valence-corrected chi connectivity index (χ0v) is 13.9. The van der Waals surface area contributed by atoms with Gasteiger partial charge in [-0.2, -0.15) is 0 Å². The highest BCUT2D eigenvalue weighted by Gasteiger charge is 2.20. The van der Waals surface area contributed by atoms with E-state index in [9.17, 15) is 8.42 Å². The van der Waals surface area contributed by atoms with E-state index in [1.807, 2.05) is 6.92 Å². The van der Waals surface area contributed by atoms with Gasteiger partial charge in [-0.25, -0.2) is 13.1 Å². The van der Waals surface area contributed by atoms with Gasteiger partial charge in [0.25, 0.3) is 0 Å². The van der Waals surface area contributed by atoms with Gasteiger partial charge in [-0.1, -0.05) is 12.1 Å². The fourth-order valence-electron chi connectivity index (χ4n) is 1.49. The minimum atomic E-state index is -3.57. The van der Waals surface area contributed by atoms with Crippen molar-refractivity contribution in [3.63, 3.8) is 0 Å². The molecule has 0 bridgehead atoms. The second kappa shape index (κ2) is 6.81. The first-order chi connectivity index (χ1) is 9.53. The van der Waals surface area contributed by atoms with Crippen LogP contribution in [0.5, 0.6) is 0 Å². The van der Waals surface area contributed by atoms with Crippen LogP contribution in [0.15, 0.2) is 31.6 Å². The van der Waals surface area contributed by atoms with Crippen molar-refractivity contribution in [3.8, 4) is 0 Å². The van der Waals surface area contributed by atoms with Crippen molar-refractivity contribution in [3.05, 3.63) is 32.8 Å². The van der Waals surface area contributed by atoms with Gasteiger partial charge in [-0.15, -0.1) is 11.3 Å². The number of hydrogen-bond donors (Lipinski definition) is 2. The van der Waals surface area contributed by atoms with Gasteiger partial charge in [0.15, 0.2) is 0 Å². The molecule has 20 heavy (non-hydrogen) atoms. The minimum Gasteiger partial charge on any atom is -0.364 e. The number of sulfonamides is 1. The standard InChI is InChI=1S/C11H14BrN3O3S2/c1-2-13-7-9-5-10(11(12)19-9)20(16,17)14-6-8-3-4-18-15-8/h3-5,13-14H,2,6-7H2,1H3. The summed E-state index contributed by atoms with van der Waals surface area (Å²) in [5.74, 6) is 0. The fourth-order valence-corrected chi connectivity index (χ4v) is 5.14. The number of hydrogen-bond acceptors (Lipinski definition) is 6. The Morgan fingerprint density at radius 3 is 2.90 bits per heavy atom. The molecule has 0 atom stereocenters. The Labute approximate surface area is 129 Å². The molecule has 2 aromatic rings. The highest BCUT2D eigenvalue weighted by Crippen LogP contribution is 2.31. The van der Waals surface area contributed by atoms with Gasteiger partial charge in [0.05, 0.1) is 16.0 Å². The Morgan fingerprint density at radius 2 is 2.25 bits per heavy atom. The van der Waals surface area contributed by atoms with E-state index in [4.69, 9.17) is 0 Å². The SMILES string of the molecule is CCNCc1cc(S(=O)(=O)NCc2ccon2)c(Br)s1. The lowest BCUT2D eigenvalue weighted by atomic mass is 10.4. The smallest absolute Gasteiger partial charge is 0.242 e. The van der Waals surface area contributed by atoms with Gasteiger partial charge in [-0.3, -0.25) is 0 Å². The van der Waals surface area contributed by atoms with E-state index < -0.39 is 10.0 Å². The number of halogens is 1. The van der Waals surface area contributed by atoms with Crippen molar-refractivity contribution in [1.29, 1.82) is 0 Å². The second-order valence-electron chi connectivity index (χ2n) is 3.95. The molecular weight excluding hydrogens is 366 g/mol. The molecule has 2 heterocycles. The van der Waals surface area contributed by atoms with E-state index in [1.165, 1.54) is 17.6 Å². The van der Waals surface area contributed by atoms with Crippen LogP contribution in [0.1, 0.15) is 17.5 Å². The fraction of sp³-hybridized carbons (Fsp3) is 0.364. The quantitative estimate of drug-likeness (QED) is 0.769. The molecule has 9 heteroatoms. The summed E-state index contributed by atoms with van der Waals surface area (Å²) in [5, 5.41) is 6.82. The molecule has 110 valence electrons. The average molecular weight is 380 g/mol. The van der Waals surface area contributed by atoms with Gasteiger partial charge >= 0.3 is 0 Å². The summed E-state index contributed by atoms with van der Waals surface area (Å²) in [7, 11) is -3.57. The number of rotatable bonds is 7. The molecule has 0 aromatic carbocycles. The number of thiophene rings is 1. The third-order valence-corrected chi connectivity index (χ3v) is 6.13. The van der Waals surface area contributed by atoms with Crippen LogP contribution in [-0.4, -0.2) is 20.1 Å². The van der Waals surface area contributed by atoms with Crippen LogP contribution < -0.4 is 10.0 Å². The lowest BCUT2D eigenvalue weighted by molar-refractivity contribution is 0.411. The summed E-state index contributed by atoms with van der Waals surface area (Å²) in [6.45, 7) is 3.59. The Bertz CT molecular complexity index is 653. The van der Waals surface area contributed by atoms with Crippen LogP contribution in [0.25, 0.3) is 0 Å². The molecule has 6 nitrogen and oxygen atoms in total. The molecule has 0 saturated carbocycles. The summed E-state index contributed by atoms with van der Waals surface area (Å²) in [6, 6.07) is 3.28. The van der Waals surface area contributed by atoms with Crippen LogP contribution >= 0.6 is 27.3 Å². The van der Waals surface area contributed by atoms with Crippen LogP contribution in [-0.2, 0) is 23.1 Å². The molecule has 0 unspecified atom stereocenters. The summed E-state index contributed by atoms with van der Waals surface area (Å²) in [5.41, 5.74) is 0.535. The second-order valence-corrected chi connectivity index (χ2v) is 8.14. The molecule has 2 N–H and O–H groups in total. The molecule has 0 spiro atoms. The van der Waals surface area contributed by atoms with Crippen LogP contribution in [0.3, 0.4) is 0 Å². The van der Waals surface area contributed by atoms with Gasteiger partial charge in [0.2, 0.25) is 10.0 Å². The maximum atomic E-state index is 12.2. The molecule has 0 radical (unpaired) electrons. The third-order valence-electron chi connectivity index (χ3n) is 2.48. The maximum Gasteiger partial charge on any atom is 0.242 e. The van der Waals surface area contributed by atoms with Crippen molar-refractivity contribution in [1.82, 2.24) is 15.2 Å². The van der Waals surface area contributed by atoms with Gasteiger partial charge in [-0.05, 0) is 28.5 Å². The first kappa shape index (κ1) is 15.6. The van der Waals surface area contributed by atoms with E-state index >= 15 is 0 Å². The van der Waals surface area contributed by atoms with Crippen molar-refractivity contribution >= 4 is 37.3 Å². The summed E-state index contributed by atoms with van der Waals surface area (Å²) in [4.78, 5) is 1.21. The third kappa shape index (κ3) is 3.89. The Morgan fingerprint density at radius 1 is 1.45 bits per heavy atom. The van der Waals surface area contributed by atoms with E-state index in [-0.39, 0.29) is 11.4 Å². The lowest BCUT2D eigenvalue weighted by Crippen LogP contribution is -2.23. The van der Waals surface area contributed by atoms with E-state index in [1.54, 1.807) is 12.1 Å². The monoisotopic (exact) mass is 379 g/mol. The molecule has 2 rings (SSSR count). The first-order valence-corrected chi connectivity index (χ1v) is 9.00. The molecule has 0 fully saturated rings. The van der Waals surface area contributed by atoms with Crippen LogP contribution in [0, 0.1) is 0 Å². The summed E-state index contributed by atoms with van der Waals surface area (Å²) >= 11 is 4.71. The lowest BCUT2D eigenvalue weighted by Gasteiger charge is -2.03. The molecule has 0 aliphatic heterocycles. The molecular formula is C11H14BrN3O3S2. The first-order valence-electron chi connectivity index (χ1n) is 5.90. The number of nitrogens with one attached hydrogen (secondary N) is 2. The molecule has 0 amide bonds. The zero-order valence-electron chi connectivity index (χ0n) is 10.7. The summed E-state index contributed by atoms with van der Waals surface area (Å²) in [6.07, 6.45) is 1.40. The highest BCUT2D eigenvalue weighted by atomic mass is 79.9. The van der Waals surface area contributed by atoms with Crippen molar-refractivity contribution in [2.24, 2.45) is 0 Å². The van der Waals surface area contributed by atoms with Crippen LogP contribution in [0.2, 0.25) is 0 Å². The topological polar surface area (TPSA) is 84.2 Å². The molecule has 0 aliphatic carbocycles. The van der Waals surface area contributed by atoms with Gasteiger partial charge < -0.3 is 9.84 Å². The largest absolute Gasteiger partial charge is 0.364 e. The zero-order chi connectivity index (χ0) is 14.6. The highest BCUT2D eigenvalue weighted by molar-refractivity contribution is 9.11. The molecule has 2 aromatic heterocycles. The van der Waals surface area contributed by atoms with Crippen molar-refractivity contribution in [2.75, 3.05) is 6.54 Å². The number of nitrogens with zero attached hydrogens (tertiary/aromatic N) is 1. The van der Waals surface area contributed by atoms with E-state index in [0.29, 0.717) is 16.0 Å². The van der Waals surface area contributed by atoms with Crippen molar-refractivity contribution in [2.45, 2.75) is 24.9 Å². The maximum absolute atomic E-state index is 12.2. The predicted octanol–water partition coefficient (Wildman–Crippen LogP) is 2.09. The van der Waals surface area contributed by atoms with Gasteiger partial charge in [0.1, 0.15) is 11.2 Å². The normalized spacial score (nSPS) is 11.9. The minimum absolute atomic E-state index is 0.101. The van der Waals surface area contributed by atoms with Crippen LogP contribution in [0.4, 0.5) is 0 Å². The number of aromatic nitrogens is 1. The van der Waals surface area contributed by atoms with E-state index in [0.717, 1.165) is 11.4 Å². The Balaban J connectivity index is 2.10. The predicted molar refractivity (Wildman–Crippen MR) is 79.9 cm³/mol. The Kier molecular flexibility index (Phi) is 5.33. The summed E-state index contributed by atoms with van der Waals surface area (Å²) < 4.78 is 32.2. The van der Waals surface area contributed by atoms with Crippen molar-refractivity contribution < 1.29 is 12.9 Å². The molecule has 0 aliphatic rings. The molecule has 0 saturated heterocycles. The Hall–Kier alpha value is -0.740. The average Bonchev–Trinajstić information content (AvgIpc) is 3.03. The van der Waals surface area contributed by atoms with Gasteiger partial charge in [0, 0.05) is 17.5 Å².